The van der Waals surface area contributed by atoms with E-state index in [4.69, 9.17) is 0 Å². The fourth-order valence-corrected chi connectivity index (χ4v) is 2.12. The first-order valence-electron chi connectivity index (χ1n) is 6.11. The van der Waals surface area contributed by atoms with Crippen molar-refractivity contribution in [2.24, 2.45) is 0 Å². The predicted molar refractivity (Wildman–Crippen MR) is 76.6 cm³/mol. The zero-order valence-corrected chi connectivity index (χ0v) is 12.3. The number of aryl methyl sites for hydroxylation is 1. The lowest BCUT2D eigenvalue weighted by molar-refractivity contribution is 0.754. The van der Waals surface area contributed by atoms with Crippen LogP contribution in [0.5, 0.6) is 0 Å². The highest BCUT2D eigenvalue weighted by molar-refractivity contribution is 7.99. The van der Waals surface area contributed by atoms with Crippen LogP contribution < -0.4 is 5.32 Å². The van der Waals surface area contributed by atoms with E-state index >= 15 is 0 Å². The van der Waals surface area contributed by atoms with Crippen LogP contribution >= 0.6 is 11.8 Å². The Kier molecular flexibility index (Phi) is 4.31. The lowest BCUT2D eigenvalue weighted by Crippen LogP contribution is -2.03. The van der Waals surface area contributed by atoms with E-state index in [1.54, 1.807) is 12.4 Å². The van der Waals surface area contributed by atoms with Crippen LogP contribution in [0, 0.1) is 6.92 Å². The predicted octanol–water partition coefficient (Wildman–Crippen LogP) is 2.89. The number of nitrogens with one attached hydrogen (secondary N) is 1. The molecule has 2 heterocycles. The summed E-state index contributed by atoms with van der Waals surface area (Å²) in [6, 6.07) is 1.90. The number of hydrogen-bond acceptors (Lipinski definition) is 6. The zero-order valence-electron chi connectivity index (χ0n) is 11.5. The summed E-state index contributed by atoms with van der Waals surface area (Å²) in [5.74, 6) is 1.92. The van der Waals surface area contributed by atoms with Crippen LogP contribution in [0.1, 0.15) is 31.2 Å². The molecule has 1 N–H and O–H groups in total. The molecule has 0 aromatic carbocycles. The van der Waals surface area contributed by atoms with Crippen LogP contribution in [-0.2, 0) is 0 Å². The van der Waals surface area contributed by atoms with Crippen molar-refractivity contribution in [2.75, 3.05) is 12.4 Å². The zero-order chi connectivity index (χ0) is 13.8. The molecule has 0 unspecified atom stereocenters. The monoisotopic (exact) mass is 275 g/mol. The Morgan fingerprint density at radius 3 is 2.42 bits per heavy atom. The molecule has 0 bridgehead atoms. The normalized spacial score (nSPS) is 10.8. The van der Waals surface area contributed by atoms with Gasteiger partial charge in [0.15, 0.2) is 5.16 Å². The number of anilines is 1. The van der Waals surface area contributed by atoms with Gasteiger partial charge in [0.25, 0.3) is 0 Å². The Balaban J connectivity index is 2.28. The van der Waals surface area contributed by atoms with E-state index in [2.05, 4.69) is 39.1 Å². The first-order chi connectivity index (χ1) is 9.08. The van der Waals surface area contributed by atoms with Crippen LogP contribution in [0.15, 0.2) is 28.6 Å². The smallest absolute Gasteiger partial charge is 0.193 e. The van der Waals surface area contributed by atoms with Crippen molar-refractivity contribution in [3.05, 3.63) is 29.8 Å². The van der Waals surface area contributed by atoms with E-state index in [1.807, 2.05) is 20.0 Å². The summed E-state index contributed by atoms with van der Waals surface area (Å²) in [7, 11) is 1.85. The maximum absolute atomic E-state index is 4.53. The second-order valence-corrected chi connectivity index (χ2v) is 5.49. The average molecular weight is 275 g/mol. The molecular weight excluding hydrogens is 258 g/mol. The molecule has 19 heavy (non-hydrogen) atoms. The molecule has 2 rings (SSSR count). The van der Waals surface area contributed by atoms with Gasteiger partial charge in [-0.25, -0.2) is 19.9 Å². The first-order valence-corrected chi connectivity index (χ1v) is 6.93. The molecule has 0 aliphatic heterocycles. The van der Waals surface area contributed by atoms with Crippen molar-refractivity contribution in [3.63, 3.8) is 0 Å². The standard InChI is InChI=1S/C13H17N5S/c1-8(2)12-17-10(14-4)5-11(18-12)19-13-15-6-9(3)7-16-13/h5-8H,1-4H3,(H,14,17,18). The third-order valence-corrected chi connectivity index (χ3v) is 3.26. The molecule has 0 atom stereocenters. The van der Waals surface area contributed by atoms with Crippen LogP contribution in [-0.4, -0.2) is 27.0 Å². The van der Waals surface area contributed by atoms with Crippen LogP contribution in [0.3, 0.4) is 0 Å². The van der Waals surface area contributed by atoms with E-state index in [1.165, 1.54) is 11.8 Å². The van der Waals surface area contributed by atoms with Gasteiger partial charge < -0.3 is 5.32 Å². The molecule has 0 saturated carbocycles. The van der Waals surface area contributed by atoms with Crippen molar-refractivity contribution >= 4 is 17.6 Å². The number of aromatic nitrogens is 4. The topological polar surface area (TPSA) is 63.6 Å². The second-order valence-electron chi connectivity index (χ2n) is 4.50. The van der Waals surface area contributed by atoms with E-state index in [-0.39, 0.29) is 5.92 Å². The van der Waals surface area contributed by atoms with E-state index in [0.717, 1.165) is 22.2 Å². The molecule has 0 aliphatic rings. The largest absolute Gasteiger partial charge is 0.373 e. The lowest BCUT2D eigenvalue weighted by atomic mass is 10.2. The fourth-order valence-electron chi connectivity index (χ4n) is 1.41. The molecule has 6 heteroatoms. The average Bonchev–Trinajstić information content (AvgIpc) is 2.41. The molecule has 0 fully saturated rings. The molecular formula is C13H17N5S. The summed E-state index contributed by atoms with van der Waals surface area (Å²) in [6.45, 7) is 6.12. The molecule has 5 nitrogen and oxygen atoms in total. The van der Waals surface area contributed by atoms with Gasteiger partial charge in [-0.1, -0.05) is 13.8 Å². The van der Waals surface area contributed by atoms with Gasteiger partial charge in [-0.3, -0.25) is 0 Å². The van der Waals surface area contributed by atoms with E-state index < -0.39 is 0 Å². The van der Waals surface area contributed by atoms with Gasteiger partial charge in [-0.2, -0.15) is 0 Å². The first kappa shape index (κ1) is 13.7. The van der Waals surface area contributed by atoms with Crippen LogP contribution in [0.25, 0.3) is 0 Å². The molecule has 0 radical (unpaired) electrons. The van der Waals surface area contributed by atoms with Gasteiger partial charge in [-0.15, -0.1) is 0 Å². The van der Waals surface area contributed by atoms with Crippen molar-refractivity contribution in [1.82, 2.24) is 19.9 Å². The quantitative estimate of drug-likeness (QED) is 0.684. The van der Waals surface area contributed by atoms with Crippen LogP contribution in [0.4, 0.5) is 5.82 Å². The minimum atomic E-state index is 0.284. The summed E-state index contributed by atoms with van der Waals surface area (Å²) >= 11 is 1.44. The van der Waals surface area contributed by atoms with E-state index in [0.29, 0.717) is 5.16 Å². The maximum atomic E-state index is 4.53. The second kappa shape index (κ2) is 5.97. The maximum Gasteiger partial charge on any atom is 0.193 e. The minimum absolute atomic E-state index is 0.284. The van der Waals surface area contributed by atoms with Crippen molar-refractivity contribution in [2.45, 2.75) is 36.9 Å². The number of hydrogen-bond donors (Lipinski definition) is 1. The van der Waals surface area contributed by atoms with Gasteiger partial charge in [-0.05, 0) is 24.2 Å². The Morgan fingerprint density at radius 2 is 1.84 bits per heavy atom. The molecule has 0 spiro atoms. The molecule has 0 amide bonds. The van der Waals surface area contributed by atoms with Gasteiger partial charge in [0.05, 0.1) is 0 Å². The summed E-state index contributed by atoms with van der Waals surface area (Å²) in [5.41, 5.74) is 1.05. The van der Waals surface area contributed by atoms with Gasteiger partial charge in [0, 0.05) is 31.4 Å². The van der Waals surface area contributed by atoms with Crippen molar-refractivity contribution in [3.8, 4) is 0 Å². The highest BCUT2D eigenvalue weighted by Gasteiger charge is 2.09. The van der Waals surface area contributed by atoms with Gasteiger partial charge in [0.2, 0.25) is 0 Å². The minimum Gasteiger partial charge on any atom is -0.373 e. The third kappa shape index (κ3) is 3.64. The SMILES string of the molecule is CNc1cc(Sc2ncc(C)cn2)nc(C(C)C)n1. The Bertz CT molecular complexity index is 553. The van der Waals surface area contributed by atoms with Gasteiger partial charge >= 0.3 is 0 Å². The summed E-state index contributed by atoms with van der Waals surface area (Å²) < 4.78 is 0. The lowest BCUT2D eigenvalue weighted by Gasteiger charge is -2.09. The van der Waals surface area contributed by atoms with Crippen molar-refractivity contribution < 1.29 is 0 Å². The van der Waals surface area contributed by atoms with Gasteiger partial charge in [0.1, 0.15) is 16.7 Å². The summed E-state index contributed by atoms with van der Waals surface area (Å²) in [4.78, 5) is 17.5. The Hall–Kier alpha value is -1.69. The molecule has 0 saturated heterocycles. The fraction of sp³-hybridized carbons (Fsp3) is 0.385. The number of rotatable bonds is 4. The third-order valence-electron chi connectivity index (χ3n) is 2.45. The summed E-state index contributed by atoms with van der Waals surface area (Å²) in [5, 5.41) is 4.60. The Labute approximate surface area is 117 Å². The molecule has 2 aromatic rings. The number of nitrogens with zero attached hydrogens (tertiary/aromatic N) is 4. The van der Waals surface area contributed by atoms with Crippen LogP contribution in [0.2, 0.25) is 0 Å². The van der Waals surface area contributed by atoms with Crippen molar-refractivity contribution in [1.29, 1.82) is 0 Å². The van der Waals surface area contributed by atoms with E-state index in [9.17, 15) is 0 Å². The molecule has 0 aliphatic carbocycles. The molecule has 100 valence electrons. The Morgan fingerprint density at radius 1 is 1.16 bits per heavy atom. The summed E-state index contributed by atoms with van der Waals surface area (Å²) in [6.07, 6.45) is 3.61. The highest BCUT2D eigenvalue weighted by atomic mass is 32.2. The molecule has 2 aromatic heterocycles. The highest BCUT2D eigenvalue weighted by Crippen LogP contribution is 2.25.